The van der Waals surface area contributed by atoms with E-state index in [1.165, 1.54) is 19.3 Å². The van der Waals surface area contributed by atoms with E-state index in [4.69, 9.17) is 10.1 Å². The molecule has 194 valence electrons. The molecule has 0 atom stereocenters. The summed E-state index contributed by atoms with van der Waals surface area (Å²) in [7, 11) is -3.66. The fourth-order valence-electron chi connectivity index (χ4n) is 4.81. The Morgan fingerprint density at radius 1 is 1.00 bits per heavy atom. The third-order valence-corrected chi connectivity index (χ3v) is 8.32. The van der Waals surface area contributed by atoms with Crippen LogP contribution >= 0.6 is 0 Å². The van der Waals surface area contributed by atoms with Crippen molar-refractivity contribution >= 4 is 32.7 Å². The van der Waals surface area contributed by atoms with Crippen molar-refractivity contribution in [2.24, 2.45) is 0 Å². The smallest absolute Gasteiger partial charge is 0.261 e. The minimum absolute atomic E-state index is 0.236. The standard InChI is InChI=1S/C28H34N6O2S/c1-3-4-18-29-28-30-19-25-26(32-34(27(25)31-28)23-8-6-5-7-9-23)21-12-14-22(15-13-21)33-37(35,36)24-16-10-20(2)11-17-24/h10-17,19,23,33H,3-9,18H2,1-2H3,(H,29,30,31). The van der Waals surface area contributed by atoms with E-state index in [2.05, 4.69) is 26.6 Å². The Hall–Kier alpha value is -3.46. The van der Waals surface area contributed by atoms with Crippen LogP contribution in [0.15, 0.2) is 59.6 Å². The zero-order valence-corrected chi connectivity index (χ0v) is 22.3. The molecule has 0 aliphatic heterocycles. The summed E-state index contributed by atoms with van der Waals surface area (Å²) in [6, 6.07) is 14.5. The Morgan fingerprint density at radius 2 is 1.73 bits per heavy atom. The Bertz CT molecular complexity index is 1460. The first-order chi connectivity index (χ1) is 17.9. The number of rotatable bonds is 9. The third kappa shape index (κ3) is 5.61. The first-order valence-corrected chi connectivity index (χ1v) is 14.6. The second-order valence-corrected chi connectivity index (χ2v) is 11.5. The predicted octanol–water partition coefficient (Wildman–Crippen LogP) is 6.32. The predicted molar refractivity (Wildman–Crippen MR) is 148 cm³/mol. The molecule has 5 rings (SSSR count). The summed E-state index contributed by atoms with van der Waals surface area (Å²) in [6.07, 6.45) is 9.88. The van der Waals surface area contributed by atoms with E-state index >= 15 is 0 Å². The summed E-state index contributed by atoms with van der Waals surface area (Å²) in [6.45, 7) is 4.93. The maximum absolute atomic E-state index is 12.8. The number of sulfonamides is 1. The van der Waals surface area contributed by atoms with E-state index in [-0.39, 0.29) is 4.90 Å². The number of nitrogens with zero attached hydrogens (tertiary/aromatic N) is 4. The van der Waals surface area contributed by atoms with Gasteiger partial charge in [-0.15, -0.1) is 0 Å². The number of anilines is 2. The van der Waals surface area contributed by atoms with Crippen LogP contribution in [-0.4, -0.2) is 34.7 Å². The lowest BCUT2D eigenvalue weighted by Crippen LogP contribution is -2.15. The van der Waals surface area contributed by atoms with Gasteiger partial charge < -0.3 is 5.32 Å². The van der Waals surface area contributed by atoms with Crippen molar-refractivity contribution in [3.63, 3.8) is 0 Å². The SMILES string of the molecule is CCCCNc1ncc2c(-c3ccc(NS(=O)(=O)c4ccc(C)cc4)cc3)nn(C3CCCCC3)c2n1. The molecule has 37 heavy (non-hydrogen) atoms. The molecule has 0 unspecified atom stereocenters. The minimum atomic E-state index is -3.66. The summed E-state index contributed by atoms with van der Waals surface area (Å²) in [5.41, 5.74) is 4.07. The second kappa shape index (κ2) is 10.9. The number of aromatic nitrogens is 4. The van der Waals surface area contributed by atoms with Gasteiger partial charge in [0.15, 0.2) is 5.65 Å². The third-order valence-electron chi connectivity index (χ3n) is 6.92. The largest absolute Gasteiger partial charge is 0.354 e. The quantitative estimate of drug-likeness (QED) is 0.251. The highest BCUT2D eigenvalue weighted by Gasteiger charge is 2.23. The van der Waals surface area contributed by atoms with Crippen LogP contribution in [-0.2, 0) is 10.0 Å². The summed E-state index contributed by atoms with van der Waals surface area (Å²) in [5.74, 6) is 0.630. The van der Waals surface area contributed by atoms with Crippen LogP contribution in [0.25, 0.3) is 22.3 Å². The van der Waals surface area contributed by atoms with Gasteiger partial charge in [0.1, 0.15) is 5.69 Å². The number of unbranched alkanes of at least 4 members (excludes halogenated alkanes) is 1. The topological polar surface area (TPSA) is 102 Å². The second-order valence-electron chi connectivity index (χ2n) is 9.79. The van der Waals surface area contributed by atoms with Crippen molar-refractivity contribution in [3.8, 4) is 11.3 Å². The van der Waals surface area contributed by atoms with Crippen molar-refractivity contribution < 1.29 is 8.42 Å². The molecule has 0 radical (unpaired) electrons. The molecule has 0 amide bonds. The molecule has 2 aromatic heterocycles. The van der Waals surface area contributed by atoms with Gasteiger partial charge in [0.25, 0.3) is 10.0 Å². The maximum Gasteiger partial charge on any atom is 0.261 e. The normalized spacial score (nSPS) is 14.6. The van der Waals surface area contributed by atoms with E-state index in [1.54, 1.807) is 36.4 Å². The number of hydrogen-bond acceptors (Lipinski definition) is 6. The van der Waals surface area contributed by atoms with Crippen molar-refractivity contribution in [1.82, 2.24) is 19.7 Å². The van der Waals surface area contributed by atoms with E-state index in [0.717, 1.165) is 60.1 Å². The summed E-state index contributed by atoms with van der Waals surface area (Å²) >= 11 is 0. The Balaban J connectivity index is 1.45. The lowest BCUT2D eigenvalue weighted by molar-refractivity contribution is 0.336. The van der Waals surface area contributed by atoms with Crippen LogP contribution in [0.5, 0.6) is 0 Å². The molecule has 8 nitrogen and oxygen atoms in total. The molecule has 2 heterocycles. The summed E-state index contributed by atoms with van der Waals surface area (Å²) in [5, 5.41) is 9.27. The Labute approximate surface area is 218 Å². The molecule has 2 aromatic carbocycles. The number of nitrogens with one attached hydrogen (secondary N) is 2. The lowest BCUT2D eigenvalue weighted by atomic mass is 9.96. The van der Waals surface area contributed by atoms with Crippen molar-refractivity contribution in [3.05, 3.63) is 60.3 Å². The van der Waals surface area contributed by atoms with Gasteiger partial charge in [-0.25, -0.2) is 18.1 Å². The van der Waals surface area contributed by atoms with Crippen molar-refractivity contribution in [2.75, 3.05) is 16.6 Å². The highest BCUT2D eigenvalue weighted by Crippen LogP contribution is 2.34. The molecule has 4 aromatic rings. The van der Waals surface area contributed by atoms with E-state index in [0.29, 0.717) is 17.7 Å². The highest BCUT2D eigenvalue weighted by molar-refractivity contribution is 7.92. The molecule has 0 saturated heterocycles. The molecular weight excluding hydrogens is 484 g/mol. The van der Waals surface area contributed by atoms with Gasteiger partial charge in [0, 0.05) is 24.0 Å². The lowest BCUT2D eigenvalue weighted by Gasteiger charge is -2.22. The number of fused-ring (bicyclic) bond motifs is 1. The van der Waals surface area contributed by atoms with Gasteiger partial charge in [-0.1, -0.05) is 62.4 Å². The number of benzene rings is 2. The van der Waals surface area contributed by atoms with E-state index in [9.17, 15) is 8.42 Å². The fourth-order valence-corrected chi connectivity index (χ4v) is 5.87. The monoisotopic (exact) mass is 518 g/mol. The molecule has 1 fully saturated rings. The molecule has 0 spiro atoms. The van der Waals surface area contributed by atoms with Crippen molar-refractivity contribution in [2.45, 2.75) is 69.7 Å². The molecule has 9 heteroatoms. The average molecular weight is 519 g/mol. The van der Waals surface area contributed by atoms with Crippen molar-refractivity contribution in [1.29, 1.82) is 0 Å². The van der Waals surface area contributed by atoms with Gasteiger partial charge in [-0.05, 0) is 50.5 Å². The van der Waals surface area contributed by atoms with E-state index < -0.39 is 10.0 Å². The summed E-state index contributed by atoms with van der Waals surface area (Å²) in [4.78, 5) is 9.66. The average Bonchev–Trinajstić information content (AvgIpc) is 3.29. The summed E-state index contributed by atoms with van der Waals surface area (Å²) < 4.78 is 30.4. The van der Waals surface area contributed by atoms with Crippen LogP contribution in [0.1, 0.15) is 63.5 Å². The van der Waals surface area contributed by atoms with Crippen LogP contribution in [0.2, 0.25) is 0 Å². The van der Waals surface area contributed by atoms with Crippen LogP contribution in [0, 0.1) is 6.92 Å². The highest BCUT2D eigenvalue weighted by atomic mass is 32.2. The van der Waals surface area contributed by atoms with Gasteiger partial charge in [0.2, 0.25) is 5.95 Å². The van der Waals surface area contributed by atoms with Gasteiger partial charge in [-0.2, -0.15) is 10.1 Å². The zero-order valence-electron chi connectivity index (χ0n) is 21.4. The molecule has 1 aliphatic carbocycles. The molecule has 1 saturated carbocycles. The molecular formula is C28H34N6O2S. The van der Waals surface area contributed by atoms with Crippen LogP contribution in [0.3, 0.4) is 0 Å². The van der Waals surface area contributed by atoms with Crippen LogP contribution in [0.4, 0.5) is 11.6 Å². The minimum Gasteiger partial charge on any atom is -0.354 e. The number of aryl methyl sites for hydroxylation is 1. The molecule has 0 bridgehead atoms. The number of hydrogen-bond donors (Lipinski definition) is 2. The Morgan fingerprint density at radius 3 is 2.43 bits per heavy atom. The van der Waals surface area contributed by atoms with Crippen LogP contribution < -0.4 is 10.0 Å². The van der Waals surface area contributed by atoms with Gasteiger partial charge in [0.05, 0.1) is 16.3 Å². The van der Waals surface area contributed by atoms with E-state index in [1.807, 2.05) is 25.3 Å². The fraction of sp³-hybridized carbons (Fsp3) is 0.393. The Kier molecular flexibility index (Phi) is 7.41. The molecule has 1 aliphatic rings. The molecule has 2 N–H and O–H groups in total. The first-order valence-electron chi connectivity index (χ1n) is 13.1. The zero-order chi connectivity index (χ0) is 25.8. The maximum atomic E-state index is 12.8. The first kappa shape index (κ1) is 25.2. The van der Waals surface area contributed by atoms with Gasteiger partial charge >= 0.3 is 0 Å². The van der Waals surface area contributed by atoms with Gasteiger partial charge in [-0.3, -0.25) is 4.72 Å².